The third-order valence-electron chi connectivity index (χ3n) is 2.46. The quantitative estimate of drug-likeness (QED) is 0.687. The fourth-order valence-corrected chi connectivity index (χ4v) is 3.07. The van der Waals surface area contributed by atoms with Gasteiger partial charge in [-0.1, -0.05) is 27.5 Å². The molecular weight excluding hydrogens is 332 g/mol. The molecule has 4 heteroatoms. The highest BCUT2D eigenvalue weighted by Crippen LogP contribution is 2.30. The summed E-state index contributed by atoms with van der Waals surface area (Å²) < 4.78 is 6.33. The van der Waals surface area contributed by atoms with Gasteiger partial charge >= 0.3 is 0 Å². The molecule has 0 aliphatic carbocycles. The van der Waals surface area contributed by atoms with Gasteiger partial charge in [0.2, 0.25) is 0 Å². The molecule has 0 heterocycles. The first-order chi connectivity index (χ1) is 8.69. The molecule has 0 unspecified atom stereocenters. The Hall–Kier alpha value is -0.640. The van der Waals surface area contributed by atoms with E-state index in [9.17, 15) is 0 Å². The van der Waals surface area contributed by atoms with E-state index in [0.29, 0.717) is 0 Å². The molecule has 0 aromatic heterocycles. The van der Waals surface area contributed by atoms with Crippen LogP contribution in [-0.2, 0) is 5.75 Å². The van der Waals surface area contributed by atoms with Gasteiger partial charge in [0, 0.05) is 20.1 Å². The lowest BCUT2D eigenvalue weighted by atomic mass is 10.2. The Labute approximate surface area is 125 Å². The highest BCUT2D eigenvalue weighted by atomic mass is 79.9. The van der Waals surface area contributed by atoms with Crippen LogP contribution in [0.3, 0.4) is 0 Å². The first-order valence-corrected chi connectivity index (χ1v) is 7.55. The first-order valence-electron chi connectivity index (χ1n) is 5.40. The average Bonchev–Trinajstić information content (AvgIpc) is 2.40. The molecule has 94 valence electrons. The van der Waals surface area contributed by atoms with Gasteiger partial charge in [-0.3, -0.25) is 0 Å². The summed E-state index contributed by atoms with van der Waals surface area (Å²) in [5.74, 6) is 1.77. The summed E-state index contributed by atoms with van der Waals surface area (Å²) in [7, 11) is 1.68. The van der Waals surface area contributed by atoms with Crippen molar-refractivity contribution in [3.8, 4) is 5.75 Å². The van der Waals surface area contributed by atoms with Gasteiger partial charge < -0.3 is 4.74 Å². The Morgan fingerprint density at radius 1 is 1.17 bits per heavy atom. The van der Waals surface area contributed by atoms with Crippen molar-refractivity contribution in [1.29, 1.82) is 0 Å². The van der Waals surface area contributed by atoms with Crippen LogP contribution >= 0.6 is 39.3 Å². The summed E-state index contributed by atoms with van der Waals surface area (Å²) in [5.41, 5.74) is 1.22. The minimum absolute atomic E-state index is 0.766. The summed E-state index contributed by atoms with van der Waals surface area (Å²) in [4.78, 5) is 1.20. The molecule has 0 radical (unpaired) electrons. The maximum Gasteiger partial charge on any atom is 0.119 e. The number of rotatable bonds is 4. The van der Waals surface area contributed by atoms with E-state index >= 15 is 0 Å². The molecule has 0 saturated heterocycles. The highest BCUT2D eigenvalue weighted by Gasteiger charge is 2.03. The van der Waals surface area contributed by atoms with E-state index in [0.717, 1.165) is 21.0 Å². The maximum atomic E-state index is 5.86. The SMILES string of the molecule is COc1ccc(Br)c(CSc2ccc(Cl)cc2)c1. The van der Waals surface area contributed by atoms with Gasteiger partial charge in [-0.05, 0) is 48.0 Å². The second-order valence-electron chi connectivity index (χ2n) is 3.70. The van der Waals surface area contributed by atoms with Crippen LogP contribution in [0, 0.1) is 0 Å². The minimum Gasteiger partial charge on any atom is -0.497 e. The Balaban J connectivity index is 2.07. The molecule has 0 N–H and O–H groups in total. The molecular formula is C14H12BrClOS. The third kappa shape index (κ3) is 3.67. The predicted octanol–water partition coefficient (Wildman–Crippen LogP) is 5.40. The first kappa shape index (κ1) is 13.8. The largest absolute Gasteiger partial charge is 0.497 e. The number of hydrogen-bond donors (Lipinski definition) is 0. The molecule has 0 spiro atoms. The topological polar surface area (TPSA) is 9.23 Å². The second kappa shape index (κ2) is 6.50. The monoisotopic (exact) mass is 342 g/mol. The smallest absolute Gasteiger partial charge is 0.119 e. The summed E-state index contributed by atoms with van der Waals surface area (Å²) >= 11 is 11.2. The van der Waals surface area contributed by atoms with Gasteiger partial charge in [0.05, 0.1) is 7.11 Å². The molecule has 0 aliphatic rings. The van der Waals surface area contributed by atoms with E-state index < -0.39 is 0 Å². The van der Waals surface area contributed by atoms with Gasteiger partial charge in [0.1, 0.15) is 5.75 Å². The van der Waals surface area contributed by atoms with Crippen molar-refractivity contribution in [2.45, 2.75) is 10.6 Å². The zero-order chi connectivity index (χ0) is 13.0. The number of ether oxygens (including phenoxy) is 1. The number of hydrogen-bond acceptors (Lipinski definition) is 2. The highest BCUT2D eigenvalue weighted by molar-refractivity contribution is 9.10. The van der Waals surface area contributed by atoms with Crippen LogP contribution in [0.1, 0.15) is 5.56 Å². The lowest BCUT2D eigenvalue weighted by Gasteiger charge is -2.07. The molecule has 0 amide bonds. The van der Waals surface area contributed by atoms with Crippen LogP contribution in [0.15, 0.2) is 51.8 Å². The van der Waals surface area contributed by atoms with Crippen LogP contribution < -0.4 is 4.74 Å². The van der Waals surface area contributed by atoms with E-state index in [-0.39, 0.29) is 0 Å². The number of halogens is 2. The molecule has 2 aromatic rings. The Morgan fingerprint density at radius 3 is 2.56 bits per heavy atom. The fraction of sp³-hybridized carbons (Fsp3) is 0.143. The minimum atomic E-state index is 0.766. The maximum absolute atomic E-state index is 5.86. The average molecular weight is 344 g/mol. The molecule has 2 aromatic carbocycles. The van der Waals surface area contributed by atoms with E-state index in [1.807, 2.05) is 42.5 Å². The molecule has 1 nitrogen and oxygen atoms in total. The Bertz CT molecular complexity index is 528. The fourth-order valence-electron chi connectivity index (χ4n) is 1.48. The Kier molecular flexibility index (Phi) is 4.98. The van der Waals surface area contributed by atoms with Gasteiger partial charge in [0.25, 0.3) is 0 Å². The predicted molar refractivity (Wildman–Crippen MR) is 81.7 cm³/mol. The van der Waals surface area contributed by atoms with Crippen LogP contribution in [0.5, 0.6) is 5.75 Å². The van der Waals surface area contributed by atoms with Crippen molar-refractivity contribution >= 4 is 39.3 Å². The normalized spacial score (nSPS) is 10.4. The second-order valence-corrected chi connectivity index (χ2v) is 6.04. The zero-order valence-electron chi connectivity index (χ0n) is 9.82. The summed E-state index contributed by atoms with van der Waals surface area (Å²) in [6.45, 7) is 0. The van der Waals surface area contributed by atoms with Crippen molar-refractivity contribution in [2.75, 3.05) is 7.11 Å². The zero-order valence-corrected chi connectivity index (χ0v) is 13.0. The molecule has 0 fully saturated rings. The lowest BCUT2D eigenvalue weighted by Crippen LogP contribution is -1.87. The van der Waals surface area contributed by atoms with Crippen molar-refractivity contribution in [2.24, 2.45) is 0 Å². The molecule has 2 rings (SSSR count). The number of methoxy groups -OCH3 is 1. The summed E-state index contributed by atoms with van der Waals surface area (Å²) in [6, 6.07) is 13.9. The molecule has 18 heavy (non-hydrogen) atoms. The van der Waals surface area contributed by atoms with Crippen LogP contribution in [0.2, 0.25) is 5.02 Å². The standard InChI is InChI=1S/C14H12BrClOS/c1-17-12-4-7-14(15)10(8-12)9-18-13-5-2-11(16)3-6-13/h2-8H,9H2,1H3. The number of benzene rings is 2. The van der Waals surface area contributed by atoms with Crippen LogP contribution in [-0.4, -0.2) is 7.11 Å². The van der Waals surface area contributed by atoms with Crippen molar-refractivity contribution in [3.05, 3.63) is 57.5 Å². The van der Waals surface area contributed by atoms with Crippen molar-refractivity contribution in [1.82, 2.24) is 0 Å². The van der Waals surface area contributed by atoms with Gasteiger partial charge in [0.15, 0.2) is 0 Å². The van der Waals surface area contributed by atoms with Crippen molar-refractivity contribution < 1.29 is 4.74 Å². The van der Waals surface area contributed by atoms with E-state index in [2.05, 4.69) is 15.9 Å². The molecule has 0 saturated carbocycles. The van der Waals surface area contributed by atoms with E-state index in [4.69, 9.17) is 16.3 Å². The third-order valence-corrected chi connectivity index (χ3v) is 4.55. The summed E-state index contributed by atoms with van der Waals surface area (Å²) in [6.07, 6.45) is 0. The van der Waals surface area contributed by atoms with Crippen LogP contribution in [0.25, 0.3) is 0 Å². The summed E-state index contributed by atoms with van der Waals surface area (Å²) in [5, 5.41) is 0.766. The van der Waals surface area contributed by atoms with Crippen molar-refractivity contribution in [3.63, 3.8) is 0 Å². The molecule has 0 bridgehead atoms. The number of thioether (sulfide) groups is 1. The van der Waals surface area contributed by atoms with E-state index in [1.54, 1.807) is 18.9 Å². The lowest BCUT2D eigenvalue weighted by molar-refractivity contribution is 0.414. The van der Waals surface area contributed by atoms with Gasteiger partial charge in [-0.15, -0.1) is 11.8 Å². The molecule has 0 aliphatic heterocycles. The van der Waals surface area contributed by atoms with Gasteiger partial charge in [-0.2, -0.15) is 0 Å². The van der Waals surface area contributed by atoms with Gasteiger partial charge in [-0.25, -0.2) is 0 Å². The van der Waals surface area contributed by atoms with Crippen LogP contribution in [0.4, 0.5) is 0 Å². The molecule has 0 atom stereocenters. The Morgan fingerprint density at radius 2 is 1.89 bits per heavy atom. The van der Waals surface area contributed by atoms with E-state index in [1.165, 1.54) is 10.5 Å².